The van der Waals surface area contributed by atoms with Crippen molar-refractivity contribution < 1.29 is 34.8 Å². The lowest BCUT2D eigenvalue weighted by atomic mass is 10.0. The minimum absolute atomic E-state index is 0.245. The average molecular weight is 294 g/mol. The van der Waals surface area contributed by atoms with E-state index in [1.165, 1.54) is 0 Å². The van der Waals surface area contributed by atoms with Crippen molar-refractivity contribution in [1.29, 1.82) is 0 Å². The van der Waals surface area contributed by atoms with Crippen molar-refractivity contribution in [2.24, 2.45) is 5.73 Å². The Morgan fingerprint density at radius 2 is 1.65 bits per heavy atom. The van der Waals surface area contributed by atoms with Crippen molar-refractivity contribution in [3.8, 4) is 0 Å². The molecule has 0 saturated heterocycles. The summed E-state index contributed by atoms with van der Waals surface area (Å²) in [4.78, 5) is 22.4. The van der Waals surface area contributed by atoms with E-state index in [0.717, 1.165) is 7.11 Å². The molecule has 4 atom stereocenters. The SMILES string of the molecule is COC(=O)[C@H](O)[C@@H](O)[C@H](O)[C@H](O)C(=O)NCCCCN. The number of rotatable bonds is 9. The van der Waals surface area contributed by atoms with E-state index in [-0.39, 0.29) is 6.54 Å². The minimum atomic E-state index is -2.06. The van der Waals surface area contributed by atoms with Crippen molar-refractivity contribution in [3.63, 3.8) is 0 Å². The second-order valence-corrected chi connectivity index (χ2v) is 4.18. The molecule has 0 aliphatic heterocycles. The highest BCUT2D eigenvalue weighted by Gasteiger charge is 2.37. The van der Waals surface area contributed by atoms with E-state index in [1.54, 1.807) is 0 Å². The summed E-state index contributed by atoms with van der Waals surface area (Å²) in [6.07, 6.45) is -6.84. The maximum absolute atomic E-state index is 11.5. The number of carbonyl (C=O) groups excluding carboxylic acids is 2. The molecule has 0 spiro atoms. The summed E-state index contributed by atoms with van der Waals surface area (Å²) >= 11 is 0. The van der Waals surface area contributed by atoms with E-state index in [9.17, 15) is 30.0 Å². The zero-order valence-corrected chi connectivity index (χ0v) is 11.2. The Kier molecular flexibility index (Phi) is 9.01. The molecule has 0 unspecified atom stereocenters. The van der Waals surface area contributed by atoms with Crippen molar-refractivity contribution in [1.82, 2.24) is 5.32 Å². The molecule has 0 aromatic rings. The van der Waals surface area contributed by atoms with Crippen molar-refractivity contribution in [2.75, 3.05) is 20.2 Å². The van der Waals surface area contributed by atoms with Crippen LogP contribution in [0.1, 0.15) is 12.8 Å². The molecule has 0 saturated carbocycles. The molecular weight excluding hydrogens is 272 g/mol. The molecule has 20 heavy (non-hydrogen) atoms. The van der Waals surface area contributed by atoms with Gasteiger partial charge in [0.15, 0.2) is 12.2 Å². The molecule has 0 rings (SSSR count). The van der Waals surface area contributed by atoms with E-state index in [0.29, 0.717) is 19.4 Å². The molecule has 0 bridgehead atoms. The van der Waals surface area contributed by atoms with Gasteiger partial charge < -0.3 is 36.2 Å². The fraction of sp³-hybridized carbons (Fsp3) is 0.818. The number of amides is 1. The van der Waals surface area contributed by atoms with Gasteiger partial charge in [-0.15, -0.1) is 0 Å². The molecule has 0 radical (unpaired) electrons. The number of nitrogens with two attached hydrogens (primary N) is 1. The summed E-state index contributed by atoms with van der Waals surface area (Å²) in [6, 6.07) is 0. The van der Waals surface area contributed by atoms with Gasteiger partial charge in [0, 0.05) is 6.54 Å². The number of esters is 1. The van der Waals surface area contributed by atoms with Crippen molar-refractivity contribution in [2.45, 2.75) is 37.3 Å². The standard InChI is InChI=1S/C11H22N2O7/c1-20-11(19)9(17)7(15)6(14)8(16)10(18)13-5-3-2-4-12/h6-9,14-17H,2-5,12H2,1H3,(H,13,18)/t6-,7-,8-,9+/m0/s1. The molecule has 0 aromatic heterocycles. The van der Waals surface area contributed by atoms with Crippen LogP contribution in [0, 0.1) is 0 Å². The van der Waals surface area contributed by atoms with Gasteiger partial charge in [-0.05, 0) is 19.4 Å². The molecule has 0 aromatic carbocycles. The molecule has 118 valence electrons. The maximum atomic E-state index is 11.5. The lowest BCUT2D eigenvalue weighted by molar-refractivity contribution is -0.169. The van der Waals surface area contributed by atoms with Crippen LogP contribution in [-0.2, 0) is 14.3 Å². The highest BCUT2D eigenvalue weighted by molar-refractivity contribution is 5.81. The van der Waals surface area contributed by atoms with Gasteiger partial charge in [-0.25, -0.2) is 4.79 Å². The van der Waals surface area contributed by atoms with Crippen LogP contribution in [0.15, 0.2) is 0 Å². The molecule has 7 N–H and O–H groups in total. The molecule has 0 aliphatic carbocycles. The van der Waals surface area contributed by atoms with Gasteiger partial charge in [-0.1, -0.05) is 0 Å². The quantitative estimate of drug-likeness (QED) is 0.188. The predicted molar refractivity (Wildman–Crippen MR) is 67.3 cm³/mol. The smallest absolute Gasteiger partial charge is 0.337 e. The molecule has 0 fully saturated rings. The lowest BCUT2D eigenvalue weighted by Gasteiger charge is -2.24. The topological polar surface area (TPSA) is 162 Å². The van der Waals surface area contributed by atoms with Crippen LogP contribution in [0.25, 0.3) is 0 Å². The predicted octanol–water partition coefficient (Wildman–Crippen LogP) is -3.54. The summed E-state index contributed by atoms with van der Waals surface area (Å²) in [5.74, 6) is -2.11. The number of unbranched alkanes of at least 4 members (excludes halogenated alkanes) is 1. The van der Waals surface area contributed by atoms with Crippen LogP contribution in [0.2, 0.25) is 0 Å². The largest absolute Gasteiger partial charge is 0.467 e. The summed E-state index contributed by atoms with van der Waals surface area (Å²) in [5, 5.41) is 40.1. The number of aliphatic hydroxyl groups is 4. The van der Waals surface area contributed by atoms with Gasteiger partial charge in [0.2, 0.25) is 0 Å². The number of hydrogen-bond acceptors (Lipinski definition) is 8. The average Bonchev–Trinajstić information content (AvgIpc) is 2.47. The van der Waals surface area contributed by atoms with Crippen molar-refractivity contribution in [3.05, 3.63) is 0 Å². The van der Waals surface area contributed by atoms with Crippen LogP contribution in [0.4, 0.5) is 0 Å². The van der Waals surface area contributed by atoms with Gasteiger partial charge in [0.1, 0.15) is 12.2 Å². The summed E-state index contributed by atoms with van der Waals surface area (Å²) in [6.45, 7) is 0.709. The maximum Gasteiger partial charge on any atom is 0.337 e. The Hall–Kier alpha value is -1.26. The van der Waals surface area contributed by atoms with Crippen LogP contribution in [-0.4, -0.2) is 76.9 Å². The molecule has 0 heterocycles. The van der Waals surface area contributed by atoms with Gasteiger partial charge in [0.05, 0.1) is 7.11 Å². The zero-order valence-electron chi connectivity index (χ0n) is 11.2. The van der Waals surface area contributed by atoms with Crippen LogP contribution in [0.5, 0.6) is 0 Å². The Morgan fingerprint density at radius 3 is 2.15 bits per heavy atom. The van der Waals surface area contributed by atoms with E-state index in [1.807, 2.05) is 0 Å². The number of aliphatic hydroxyl groups excluding tert-OH is 4. The number of methoxy groups -OCH3 is 1. The summed E-state index contributed by atoms with van der Waals surface area (Å²) < 4.78 is 4.16. The Balaban J connectivity index is 4.33. The number of hydrogen-bond donors (Lipinski definition) is 6. The lowest BCUT2D eigenvalue weighted by Crippen LogP contribution is -2.52. The van der Waals surface area contributed by atoms with Crippen LogP contribution >= 0.6 is 0 Å². The Bertz CT molecular complexity index is 313. The van der Waals surface area contributed by atoms with E-state index < -0.39 is 36.3 Å². The second kappa shape index (κ2) is 9.61. The monoisotopic (exact) mass is 294 g/mol. The number of carbonyl (C=O) groups is 2. The summed E-state index contributed by atoms with van der Waals surface area (Å²) in [7, 11) is 0.977. The number of nitrogens with one attached hydrogen (secondary N) is 1. The van der Waals surface area contributed by atoms with Gasteiger partial charge >= 0.3 is 5.97 Å². The van der Waals surface area contributed by atoms with Crippen LogP contribution in [0.3, 0.4) is 0 Å². The zero-order chi connectivity index (χ0) is 15.7. The van der Waals surface area contributed by atoms with Gasteiger partial charge in [-0.3, -0.25) is 4.79 Å². The third-order valence-electron chi connectivity index (χ3n) is 2.64. The highest BCUT2D eigenvalue weighted by Crippen LogP contribution is 2.07. The third-order valence-corrected chi connectivity index (χ3v) is 2.64. The molecule has 1 amide bonds. The van der Waals surface area contributed by atoms with E-state index in [2.05, 4.69) is 10.1 Å². The van der Waals surface area contributed by atoms with Crippen molar-refractivity contribution >= 4 is 11.9 Å². The Labute approximate surface area is 116 Å². The second-order valence-electron chi connectivity index (χ2n) is 4.18. The third kappa shape index (κ3) is 5.80. The molecular formula is C11H22N2O7. The normalized spacial score (nSPS) is 16.9. The Morgan fingerprint density at radius 1 is 1.10 bits per heavy atom. The number of ether oxygens (including phenoxy) is 1. The highest BCUT2D eigenvalue weighted by atomic mass is 16.5. The first-order chi connectivity index (χ1) is 9.36. The minimum Gasteiger partial charge on any atom is -0.467 e. The first kappa shape index (κ1) is 18.7. The first-order valence-electron chi connectivity index (χ1n) is 6.14. The van der Waals surface area contributed by atoms with Crippen LogP contribution < -0.4 is 11.1 Å². The fourth-order valence-corrected chi connectivity index (χ4v) is 1.37. The first-order valence-corrected chi connectivity index (χ1v) is 6.14. The molecule has 0 aliphatic rings. The fourth-order valence-electron chi connectivity index (χ4n) is 1.37. The van der Waals surface area contributed by atoms with E-state index in [4.69, 9.17) is 5.73 Å². The molecule has 9 nitrogen and oxygen atoms in total. The van der Waals surface area contributed by atoms with Gasteiger partial charge in [0.25, 0.3) is 5.91 Å². The van der Waals surface area contributed by atoms with Gasteiger partial charge in [-0.2, -0.15) is 0 Å². The van der Waals surface area contributed by atoms with E-state index >= 15 is 0 Å². The molecule has 9 heteroatoms. The summed E-state index contributed by atoms with van der Waals surface area (Å²) in [5.41, 5.74) is 5.26.